The van der Waals surface area contributed by atoms with Crippen LogP contribution in [0.5, 0.6) is 0 Å². The molecule has 2 heterocycles. The summed E-state index contributed by atoms with van der Waals surface area (Å²) in [5.41, 5.74) is 6.70. The van der Waals surface area contributed by atoms with Crippen molar-refractivity contribution in [3.63, 3.8) is 0 Å². The smallest absolute Gasteiger partial charge is 0.266 e. The van der Waals surface area contributed by atoms with Crippen LogP contribution in [0.1, 0.15) is 18.7 Å². The van der Waals surface area contributed by atoms with Crippen molar-refractivity contribution in [3.05, 3.63) is 70.3 Å². The molecule has 0 spiro atoms. The molecular formula is C17H16F2N4O. The predicted molar refractivity (Wildman–Crippen MR) is 87.4 cm³/mol. The first-order chi connectivity index (χ1) is 11.5. The molecule has 0 saturated heterocycles. The molecule has 1 atom stereocenters. The monoisotopic (exact) mass is 330 g/mol. The Labute approximate surface area is 136 Å². The SMILES string of the molecule is CNNC(C)c1nc2ccc(F)cn2c(=O)c1-c1cccc(F)c1. The maximum Gasteiger partial charge on any atom is 0.266 e. The minimum atomic E-state index is -0.550. The number of pyridine rings is 1. The first kappa shape index (κ1) is 16.2. The predicted octanol–water partition coefficient (Wildman–Crippen LogP) is 2.42. The van der Waals surface area contributed by atoms with E-state index in [1.165, 1.54) is 30.3 Å². The van der Waals surface area contributed by atoms with Crippen molar-refractivity contribution in [1.29, 1.82) is 0 Å². The molecule has 24 heavy (non-hydrogen) atoms. The van der Waals surface area contributed by atoms with Crippen LogP contribution < -0.4 is 16.4 Å². The Morgan fingerprint density at radius 1 is 1.17 bits per heavy atom. The zero-order valence-corrected chi connectivity index (χ0v) is 13.2. The van der Waals surface area contributed by atoms with Crippen LogP contribution in [0.3, 0.4) is 0 Å². The molecule has 0 radical (unpaired) electrons. The highest BCUT2D eigenvalue weighted by Gasteiger charge is 2.19. The minimum absolute atomic E-state index is 0.229. The van der Waals surface area contributed by atoms with Crippen LogP contribution in [0.15, 0.2) is 47.4 Å². The van der Waals surface area contributed by atoms with Crippen LogP contribution in [0.2, 0.25) is 0 Å². The summed E-state index contributed by atoms with van der Waals surface area (Å²) in [7, 11) is 1.70. The summed E-state index contributed by atoms with van der Waals surface area (Å²) >= 11 is 0. The quantitative estimate of drug-likeness (QED) is 0.722. The third-order valence-corrected chi connectivity index (χ3v) is 3.70. The molecule has 0 fully saturated rings. The van der Waals surface area contributed by atoms with Gasteiger partial charge in [0.15, 0.2) is 0 Å². The van der Waals surface area contributed by atoms with Crippen molar-refractivity contribution in [2.45, 2.75) is 13.0 Å². The van der Waals surface area contributed by atoms with E-state index >= 15 is 0 Å². The maximum absolute atomic E-state index is 13.6. The van der Waals surface area contributed by atoms with Gasteiger partial charge in [-0.2, -0.15) is 0 Å². The molecule has 0 saturated carbocycles. The van der Waals surface area contributed by atoms with Gasteiger partial charge in [-0.1, -0.05) is 12.1 Å². The highest BCUT2D eigenvalue weighted by Crippen LogP contribution is 2.24. The second-order valence-electron chi connectivity index (χ2n) is 5.38. The Hall–Kier alpha value is -2.64. The molecule has 1 unspecified atom stereocenters. The van der Waals surface area contributed by atoms with Gasteiger partial charge in [0.2, 0.25) is 0 Å². The van der Waals surface area contributed by atoms with Gasteiger partial charge in [-0.3, -0.25) is 14.6 Å². The van der Waals surface area contributed by atoms with Gasteiger partial charge in [0, 0.05) is 6.20 Å². The molecule has 0 bridgehead atoms. The topological polar surface area (TPSA) is 58.4 Å². The zero-order valence-electron chi connectivity index (χ0n) is 13.2. The molecule has 3 aromatic rings. The normalized spacial score (nSPS) is 12.5. The highest BCUT2D eigenvalue weighted by atomic mass is 19.1. The summed E-state index contributed by atoms with van der Waals surface area (Å²) in [6.07, 6.45) is 1.08. The fourth-order valence-electron chi connectivity index (χ4n) is 2.64. The number of rotatable bonds is 4. The van der Waals surface area contributed by atoms with Crippen LogP contribution in [-0.2, 0) is 0 Å². The summed E-state index contributed by atoms with van der Waals surface area (Å²) in [4.78, 5) is 17.4. The van der Waals surface area contributed by atoms with Gasteiger partial charge in [-0.25, -0.2) is 19.2 Å². The molecule has 7 heteroatoms. The molecule has 2 N–H and O–H groups in total. The number of aromatic nitrogens is 2. The number of benzene rings is 1. The summed E-state index contributed by atoms with van der Waals surface area (Å²) < 4.78 is 28.3. The average molecular weight is 330 g/mol. The largest absolute Gasteiger partial charge is 0.268 e. The van der Waals surface area contributed by atoms with E-state index < -0.39 is 17.2 Å². The lowest BCUT2D eigenvalue weighted by Crippen LogP contribution is -2.33. The van der Waals surface area contributed by atoms with Crippen LogP contribution in [-0.4, -0.2) is 16.4 Å². The number of nitrogens with zero attached hydrogens (tertiary/aromatic N) is 2. The molecule has 0 aliphatic carbocycles. The Bertz CT molecular complexity index is 955. The van der Waals surface area contributed by atoms with Crippen molar-refractivity contribution in [2.75, 3.05) is 7.05 Å². The Balaban J connectivity index is 2.36. The summed E-state index contributed by atoms with van der Waals surface area (Å²) in [5.74, 6) is -1.01. The van der Waals surface area contributed by atoms with Gasteiger partial charge < -0.3 is 0 Å². The van der Waals surface area contributed by atoms with E-state index in [0.29, 0.717) is 16.9 Å². The second-order valence-corrected chi connectivity index (χ2v) is 5.38. The average Bonchev–Trinajstić information content (AvgIpc) is 2.55. The minimum Gasteiger partial charge on any atom is -0.268 e. The van der Waals surface area contributed by atoms with E-state index in [1.54, 1.807) is 13.1 Å². The van der Waals surface area contributed by atoms with Gasteiger partial charge in [0.25, 0.3) is 5.56 Å². The fourth-order valence-corrected chi connectivity index (χ4v) is 2.64. The molecule has 124 valence electrons. The van der Waals surface area contributed by atoms with E-state index in [2.05, 4.69) is 15.8 Å². The molecule has 2 aromatic heterocycles. The Morgan fingerprint density at radius 3 is 2.67 bits per heavy atom. The van der Waals surface area contributed by atoms with Crippen LogP contribution in [0, 0.1) is 11.6 Å². The number of halogens is 2. The van der Waals surface area contributed by atoms with Gasteiger partial charge in [-0.05, 0) is 43.8 Å². The molecule has 0 aliphatic rings. The van der Waals surface area contributed by atoms with Crippen LogP contribution in [0.25, 0.3) is 16.8 Å². The molecule has 5 nitrogen and oxygen atoms in total. The zero-order chi connectivity index (χ0) is 17.3. The summed E-state index contributed by atoms with van der Waals surface area (Å²) in [5, 5.41) is 0. The molecule has 1 aromatic carbocycles. The first-order valence-electron chi connectivity index (χ1n) is 7.41. The van der Waals surface area contributed by atoms with E-state index in [0.717, 1.165) is 10.6 Å². The van der Waals surface area contributed by atoms with E-state index in [1.807, 2.05) is 6.92 Å². The van der Waals surface area contributed by atoms with E-state index in [9.17, 15) is 13.6 Å². The van der Waals surface area contributed by atoms with Crippen molar-refractivity contribution in [3.8, 4) is 11.1 Å². The lowest BCUT2D eigenvalue weighted by molar-refractivity contribution is 0.497. The Kier molecular flexibility index (Phi) is 4.37. The third kappa shape index (κ3) is 2.91. The van der Waals surface area contributed by atoms with Crippen molar-refractivity contribution in [1.82, 2.24) is 20.2 Å². The van der Waals surface area contributed by atoms with Gasteiger partial charge in [0.1, 0.15) is 17.3 Å². The summed E-state index contributed by atoms with van der Waals surface area (Å²) in [6, 6.07) is 8.05. The maximum atomic E-state index is 13.6. The van der Waals surface area contributed by atoms with Crippen molar-refractivity contribution < 1.29 is 8.78 Å². The van der Waals surface area contributed by atoms with Crippen molar-refractivity contribution in [2.24, 2.45) is 0 Å². The number of hydrogen-bond donors (Lipinski definition) is 2. The third-order valence-electron chi connectivity index (χ3n) is 3.70. The van der Waals surface area contributed by atoms with Crippen molar-refractivity contribution >= 4 is 5.65 Å². The summed E-state index contributed by atoms with van der Waals surface area (Å²) in [6.45, 7) is 1.82. The fraction of sp³-hybridized carbons (Fsp3) is 0.176. The number of fused-ring (bicyclic) bond motifs is 1. The lowest BCUT2D eigenvalue weighted by atomic mass is 10.0. The lowest BCUT2D eigenvalue weighted by Gasteiger charge is -2.17. The molecule has 3 rings (SSSR count). The van der Waals surface area contributed by atoms with E-state index in [-0.39, 0.29) is 11.6 Å². The van der Waals surface area contributed by atoms with Gasteiger partial charge in [0.05, 0.1) is 17.3 Å². The van der Waals surface area contributed by atoms with Gasteiger partial charge >= 0.3 is 0 Å². The number of hydrazine groups is 1. The second kappa shape index (κ2) is 6.46. The van der Waals surface area contributed by atoms with E-state index in [4.69, 9.17) is 0 Å². The Morgan fingerprint density at radius 2 is 1.96 bits per heavy atom. The molecular weight excluding hydrogens is 314 g/mol. The standard InChI is InChI=1S/C17H16F2N4O/c1-10(22-20-2)16-15(11-4-3-5-12(18)8-11)17(24)23-9-13(19)6-7-14(23)21-16/h3-10,20,22H,1-2H3. The van der Waals surface area contributed by atoms with Crippen LogP contribution >= 0.6 is 0 Å². The molecule has 0 aliphatic heterocycles. The highest BCUT2D eigenvalue weighted by molar-refractivity contribution is 5.67. The number of hydrogen-bond acceptors (Lipinski definition) is 4. The molecule has 0 amide bonds. The van der Waals surface area contributed by atoms with Gasteiger partial charge in [-0.15, -0.1) is 0 Å². The first-order valence-corrected chi connectivity index (χ1v) is 7.41. The van der Waals surface area contributed by atoms with Crippen LogP contribution in [0.4, 0.5) is 8.78 Å². The number of nitrogens with one attached hydrogen (secondary N) is 2.